The van der Waals surface area contributed by atoms with Crippen LogP contribution >= 0.6 is 0 Å². The van der Waals surface area contributed by atoms with Gasteiger partial charge in [-0.15, -0.1) is 0 Å². The Labute approximate surface area is 189 Å². The predicted octanol–water partition coefficient (Wildman–Crippen LogP) is 2.84. The van der Waals surface area contributed by atoms with E-state index in [2.05, 4.69) is 0 Å². The van der Waals surface area contributed by atoms with Gasteiger partial charge in [-0.1, -0.05) is 6.07 Å². The first-order chi connectivity index (χ1) is 15.9. The molecule has 1 aliphatic heterocycles. The Balaban J connectivity index is 1.16. The van der Waals surface area contributed by atoms with Gasteiger partial charge in [0.15, 0.2) is 12.4 Å². The van der Waals surface area contributed by atoms with Gasteiger partial charge in [-0.05, 0) is 61.2 Å². The number of ether oxygens (including phenoxy) is 4. The quantitative estimate of drug-likeness (QED) is 0.360. The zero-order chi connectivity index (χ0) is 23.1. The topological polar surface area (TPSA) is 105 Å². The van der Waals surface area contributed by atoms with E-state index in [1.807, 2.05) is 0 Å². The molecule has 0 aromatic heterocycles. The van der Waals surface area contributed by atoms with Crippen LogP contribution in [0.25, 0.3) is 0 Å². The molecule has 2 bridgehead atoms. The van der Waals surface area contributed by atoms with Crippen molar-refractivity contribution in [1.82, 2.24) is 0 Å². The molecule has 170 valence electrons. The first-order valence-electron chi connectivity index (χ1n) is 10.8. The van der Waals surface area contributed by atoms with E-state index < -0.39 is 30.4 Å². The van der Waals surface area contributed by atoms with Crippen molar-refractivity contribution in [2.24, 2.45) is 23.7 Å². The number of Topliss-reactive ketones (excluding diaryl/α,β-unsaturated/α-hetero) is 1. The molecule has 0 spiro atoms. The lowest BCUT2D eigenvalue weighted by atomic mass is 9.80. The van der Waals surface area contributed by atoms with Crippen LogP contribution in [0.3, 0.4) is 0 Å². The molecule has 2 saturated carbocycles. The standard InChI is InChI=1S/C25H22O8/c1-30-17-4-2-3-14(9-17)23(27)32-16-7-5-13(6-8-16)19(26)12-31-24(28)21-15-10-18-20(11-15)33-25(29)22(18)21/h2-9,15,18,20-22H,10-12H2,1H3/t15-,18+,20+,21-,22-/m1/s1. The second-order valence-electron chi connectivity index (χ2n) is 8.60. The summed E-state index contributed by atoms with van der Waals surface area (Å²) in [6.45, 7) is -0.416. The van der Waals surface area contributed by atoms with Gasteiger partial charge < -0.3 is 18.9 Å². The molecule has 5 rings (SSSR count). The number of carbonyl (C=O) groups is 4. The molecule has 2 aromatic rings. The third-order valence-corrected chi connectivity index (χ3v) is 6.79. The maximum absolute atomic E-state index is 12.6. The van der Waals surface area contributed by atoms with E-state index in [0.29, 0.717) is 23.3 Å². The average Bonchev–Trinajstić information content (AvgIpc) is 3.46. The SMILES string of the molecule is COc1cccc(C(=O)Oc2ccc(C(=O)COC(=O)[C@@H]3[C@@H]4C[C@@H]5[C@H]3C(=O)O[C@H]5C4)cc2)c1. The minimum absolute atomic E-state index is 0.0604. The third-order valence-electron chi connectivity index (χ3n) is 6.79. The highest BCUT2D eigenvalue weighted by atomic mass is 16.6. The highest BCUT2D eigenvalue weighted by Gasteiger charge is 2.64. The van der Waals surface area contributed by atoms with E-state index in [9.17, 15) is 19.2 Å². The lowest BCUT2D eigenvalue weighted by molar-refractivity contribution is -0.154. The Bertz CT molecular complexity index is 1120. The minimum Gasteiger partial charge on any atom is -0.497 e. The molecule has 8 heteroatoms. The van der Waals surface area contributed by atoms with Gasteiger partial charge in [0.25, 0.3) is 0 Å². The Morgan fingerprint density at radius 3 is 2.55 bits per heavy atom. The van der Waals surface area contributed by atoms with Crippen molar-refractivity contribution in [1.29, 1.82) is 0 Å². The maximum atomic E-state index is 12.6. The van der Waals surface area contributed by atoms with Crippen molar-refractivity contribution in [2.75, 3.05) is 13.7 Å². The van der Waals surface area contributed by atoms with Crippen LogP contribution in [0.15, 0.2) is 48.5 Å². The van der Waals surface area contributed by atoms with E-state index in [1.165, 1.54) is 31.4 Å². The van der Waals surface area contributed by atoms with Crippen LogP contribution < -0.4 is 9.47 Å². The molecule has 0 radical (unpaired) electrons. The largest absolute Gasteiger partial charge is 0.497 e. The molecule has 0 N–H and O–H groups in total. The van der Waals surface area contributed by atoms with Crippen LogP contribution in [0.5, 0.6) is 11.5 Å². The highest BCUT2D eigenvalue weighted by molar-refractivity contribution is 5.98. The second kappa shape index (κ2) is 8.35. The van der Waals surface area contributed by atoms with Crippen LogP contribution in [0.1, 0.15) is 33.6 Å². The molecule has 0 unspecified atom stereocenters. The van der Waals surface area contributed by atoms with Crippen LogP contribution in [0.2, 0.25) is 0 Å². The smallest absolute Gasteiger partial charge is 0.343 e. The monoisotopic (exact) mass is 450 g/mol. The lowest BCUT2D eigenvalue weighted by Gasteiger charge is -2.22. The Morgan fingerprint density at radius 2 is 1.79 bits per heavy atom. The van der Waals surface area contributed by atoms with E-state index in [1.54, 1.807) is 24.3 Å². The summed E-state index contributed by atoms with van der Waals surface area (Å²) in [6, 6.07) is 12.6. The molecule has 2 aromatic carbocycles. The molecule has 1 heterocycles. The number of esters is 3. The second-order valence-corrected chi connectivity index (χ2v) is 8.60. The fourth-order valence-corrected chi connectivity index (χ4v) is 5.27. The van der Waals surface area contributed by atoms with E-state index in [0.717, 1.165) is 6.42 Å². The molecule has 3 fully saturated rings. The molecule has 0 amide bonds. The third kappa shape index (κ3) is 3.86. The Kier molecular flexibility index (Phi) is 5.36. The van der Waals surface area contributed by atoms with E-state index in [-0.39, 0.29) is 35.4 Å². The minimum atomic E-state index is -0.555. The van der Waals surface area contributed by atoms with Gasteiger partial charge in [-0.25, -0.2) is 4.79 Å². The highest BCUT2D eigenvalue weighted by Crippen LogP contribution is 2.57. The van der Waals surface area contributed by atoms with Gasteiger partial charge in [0, 0.05) is 11.5 Å². The van der Waals surface area contributed by atoms with Crippen molar-refractivity contribution in [2.45, 2.75) is 18.9 Å². The molecule has 5 atom stereocenters. The van der Waals surface area contributed by atoms with Crippen molar-refractivity contribution < 1.29 is 38.1 Å². The zero-order valence-electron chi connectivity index (χ0n) is 17.9. The number of carbonyl (C=O) groups excluding carboxylic acids is 4. The molecule has 3 aliphatic rings. The van der Waals surface area contributed by atoms with Crippen LogP contribution in [-0.4, -0.2) is 43.5 Å². The van der Waals surface area contributed by atoms with Crippen LogP contribution in [0.4, 0.5) is 0 Å². The summed E-state index contributed by atoms with van der Waals surface area (Å²) in [6.07, 6.45) is 1.43. The van der Waals surface area contributed by atoms with Crippen molar-refractivity contribution in [3.05, 3.63) is 59.7 Å². The number of ketones is 1. The fourth-order valence-electron chi connectivity index (χ4n) is 5.27. The molecule has 1 saturated heterocycles. The van der Waals surface area contributed by atoms with Gasteiger partial charge in [0.2, 0.25) is 0 Å². The summed E-state index contributed by atoms with van der Waals surface area (Å²) >= 11 is 0. The number of hydrogen-bond donors (Lipinski definition) is 0. The van der Waals surface area contributed by atoms with Crippen molar-refractivity contribution in [3.8, 4) is 11.5 Å². The first-order valence-corrected chi connectivity index (χ1v) is 10.8. The number of rotatable bonds is 7. The molecule has 2 aliphatic carbocycles. The molecule has 8 nitrogen and oxygen atoms in total. The molecule has 33 heavy (non-hydrogen) atoms. The van der Waals surface area contributed by atoms with Crippen LogP contribution in [0, 0.1) is 23.7 Å². The fraction of sp³-hybridized carbons (Fsp3) is 0.360. The number of fused-ring (bicyclic) bond motifs is 1. The molecular formula is C25H22O8. The summed E-state index contributed by atoms with van der Waals surface area (Å²) in [5.74, 6) is -1.74. The molecular weight excluding hydrogens is 428 g/mol. The van der Waals surface area contributed by atoms with E-state index in [4.69, 9.17) is 18.9 Å². The van der Waals surface area contributed by atoms with Crippen molar-refractivity contribution >= 4 is 23.7 Å². The Hall–Kier alpha value is -3.68. The normalized spacial score (nSPS) is 26.6. The number of benzene rings is 2. The van der Waals surface area contributed by atoms with Gasteiger partial charge in [-0.2, -0.15) is 0 Å². The summed E-state index contributed by atoms with van der Waals surface area (Å²) < 4.78 is 21.0. The predicted molar refractivity (Wildman–Crippen MR) is 113 cm³/mol. The summed E-state index contributed by atoms with van der Waals surface area (Å²) in [4.78, 5) is 49.5. The zero-order valence-corrected chi connectivity index (χ0v) is 17.9. The average molecular weight is 450 g/mol. The number of methoxy groups -OCH3 is 1. The van der Waals surface area contributed by atoms with Gasteiger partial charge >= 0.3 is 17.9 Å². The van der Waals surface area contributed by atoms with Gasteiger partial charge in [0.05, 0.1) is 24.5 Å². The van der Waals surface area contributed by atoms with E-state index >= 15 is 0 Å². The summed E-state index contributed by atoms with van der Waals surface area (Å²) in [5, 5.41) is 0. The first kappa shape index (κ1) is 21.2. The van der Waals surface area contributed by atoms with Gasteiger partial charge in [0.1, 0.15) is 17.6 Å². The van der Waals surface area contributed by atoms with Gasteiger partial charge in [-0.3, -0.25) is 14.4 Å². The Morgan fingerprint density at radius 1 is 1.00 bits per heavy atom. The summed E-state index contributed by atoms with van der Waals surface area (Å²) in [7, 11) is 1.51. The summed E-state index contributed by atoms with van der Waals surface area (Å²) in [5.41, 5.74) is 0.650. The van der Waals surface area contributed by atoms with Crippen molar-refractivity contribution in [3.63, 3.8) is 0 Å². The maximum Gasteiger partial charge on any atom is 0.343 e. The lowest BCUT2D eigenvalue weighted by Crippen LogP contribution is -2.34. The van der Waals surface area contributed by atoms with Crippen LogP contribution in [-0.2, 0) is 19.1 Å². The number of hydrogen-bond acceptors (Lipinski definition) is 8.